The largest absolute Gasteiger partial charge is 0.491 e. The van der Waals surface area contributed by atoms with Crippen molar-refractivity contribution in [3.05, 3.63) is 41.7 Å². The minimum Gasteiger partial charge on any atom is -0.491 e. The fourth-order valence-corrected chi connectivity index (χ4v) is 1.83. The summed E-state index contributed by atoms with van der Waals surface area (Å²) < 4.78 is 6.61. The summed E-state index contributed by atoms with van der Waals surface area (Å²) in [6, 6.07) is 3.77. The van der Waals surface area contributed by atoms with Gasteiger partial charge in [-0.05, 0) is 34.8 Å². The van der Waals surface area contributed by atoms with Gasteiger partial charge in [0.05, 0.1) is 12.1 Å². The third kappa shape index (κ3) is 3.03. The summed E-state index contributed by atoms with van der Waals surface area (Å²) in [5, 5.41) is 0. The predicted octanol–water partition coefficient (Wildman–Crippen LogP) is 3.74. The van der Waals surface area contributed by atoms with Gasteiger partial charge in [-0.15, -0.1) is 6.58 Å². The van der Waals surface area contributed by atoms with E-state index in [1.165, 1.54) is 0 Å². The number of aromatic nitrogens is 2. The number of unbranched alkanes of at least 4 members (excludes halogenated alkanes) is 1. The molecule has 2 aromatic rings. The summed E-state index contributed by atoms with van der Waals surface area (Å²) in [5.41, 5.74) is 1.63. The number of fused-ring (bicyclic) bond motifs is 1. The van der Waals surface area contributed by atoms with Crippen molar-refractivity contribution >= 4 is 27.0 Å². The van der Waals surface area contributed by atoms with Crippen molar-refractivity contribution in [2.24, 2.45) is 0 Å². The Balaban J connectivity index is 2.19. The summed E-state index contributed by atoms with van der Waals surface area (Å²) in [5.74, 6) is 0.784. The van der Waals surface area contributed by atoms with Crippen molar-refractivity contribution in [2.75, 3.05) is 6.61 Å². The Bertz CT molecular complexity index is 528. The summed E-state index contributed by atoms with van der Waals surface area (Å²) in [7, 11) is 0. The maximum Gasteiger partial charge on any atom is 0.148 e. The number of rotatable bonds is 5. The maximum atomic E-state index is 5.70. The summed E-state index contributed by atoms with van der Waals surface area (Å²) in [6.07, 6.45) is 7.30. The first-order valence-corrected chi connectivity index (χ1v) is 6.24. The van der Waals surface area contributed by atoms with E-state index in [1.54, 1.807) is 12.4 Å². The molecular weight excluding hydrogens is 280 g/mol. The Morgan fingerprint density at radius 1 is 1.41 bits per heavy atom. The molecule has 0 N–H and O–H groups in total. The lowest BCUT2D eigenvalue weighted by atomic mass is 10.3. The van der Waals surface area contributed by atoms with Crippen LogP contribution >= 0.6 is 15.9 Å². The molecule has 4 heteroatoms. The fraction of sp³-hybridized carbons (Fsp3) is 0.231. The number of allylic oxidation sites excluding steroid dienone is 1. The van der Waals surface area contributed by atoms with Gasteiger partial charge in [0.1, 0.15) is 11.3 Å². The number of pyridine rings is 2. The quantitative estimate of drug-likeness (QED) is 0.622. The fourth-order valence-electron chi connectivity index (χ4n) is 1.51. The third-order valence-corrected chi connectivity index (χ3v) is 2.75. The van der Waals surface area contributed by atoms with Crippen molar-refractivity contribution < 1.29 is 4.74 Å². The minimum atomic E-state index is 0.670. The molecule has 0 saturated heterocycles. The van der Waals surface area contributed by atoms with Crippen molar-refractivity contribution in [3.63, 3.8) is 0 Å². The highest BCUT2D eigenvalue weighted by atomic mass is 79.9. The zero-order valence-electron chi connectivity index (χ0n) is 9.40. The van der Waals surface area contributed by atoms with Crippen LogP contribution in [0.15, 0.2) is 41.7 Å². The normalized spacial score (nSPS) is 10.4. The molecule has 0 aliphatic carbocycles. The number of hydrogen-bond donors (Lipinski definition) is 0. The van der Waals surface area contributed by atoms with E-state index in [9.17, 15) is 0 Å². The Morgan fingerprint density at radius 3 is 3.12 bits per heavy atom. The van der Waals surface area contributed by atoms with Gasteiger partial charge in [0.2, 0.25) is 0 Å². The highest BCUT2D eigenvalue weighted by Gasteiger charge is 2.04. The van der Waals surface area contributed by atoms with E-state index >= 15 is 0 Å². The van der Waals surface area contributed by atoms with Crippen LogP contribution in [-0.4, -0.2) is 16.6 Å². The van der Waals surface area contributed by atoms with E-state index in [2.05, 4.69) is 32.5 Å². The second-order valence-corrected chi connectivity index (χ2v) is 4.53. The average Bonchev–Trinajstić information content (AvgIpc) is 2.34. The molecule has 0 amide bonds. The van der Waals surface area contributed by atoms with Crippen LogP contribution in [0.3, 0.4) is 0 Å². The third-order valence-electron chi connectivity index (χ3n) is 2.32. The Kier molecular flexibility index (Phi) is 4.09. The Hall–Kier alpha value is -1.42. The molecule has 2 heterocycles. The second-order valence-electron chi connectivity index (χ2n) is 3.61. The van der Waals surface area contributed by atoms with Crippen LogP contribution in [-0.2, 0) is 0 Å². The lowest BCUT2D eigenvalue weighted by Gasteiger charge is -2.07. The van der Waals surface area contributed by atoms with Gasteiger partial charge >= 0.3 is 0 Å². The highest BCUT2D eigenvalue weighted by Crippen LogP contribution is 2.23. The van der Waals surface area contributed by atoms with Crippen molar-refractivity contribution in [2.45, 2.75) is 12.8 Å². The van der Waals surface area contributed by atoms with Crippen molar-refractivity contribution in [3.8, 4) is 5.75 Å². The lowest BCUT2D eigenvalue weighted by Crippen LogP contribution is -1.98. The van der Waals surface area contributed by atoms with Crippen LogP contribution < -0.4 is 4.74 Å². The molecule has 0 saturated carbocycles. The average molecular weight is 293 g/mol. The number of halogens is 1. The molecule has 2 rings (SSSR count). The molecule has 0 aromatic carbocycles. The zero-order chi connectivity index (χ0) is 12.1. The van der Waals surface area contributed by atoms with Gasteiger partial charge in [0.15, 0.2) is 0 Å². The summed E-state index contributed by atoms with van der Waals surface area (Å²) in [4.78, 5) is 8.58. The van der Waals surface area contributed by atoms with Crippen molar-refractivity contribution in [1.82, 2.24) is 9.97 Å². The van der Waals surface area contributed by atoms with E-state index in [0.717, 1.165) is 34.1 Å². The molecular formula is C13H13BrN2O. The van der Waals surface area contributed by atoms with E-state index in [-0.39, 0.29) is 0 Å². The number of hydrogen-bond acceptors (Lipinski definition) is 3. The van der Waals surface area contributed by atoms with Crippen LogP contribution in [0, 0.1) is 0 Å². The molecule has 17 heavy (non-hydrogen) atoms. The second kappa shape index (κ2) is 5.77. The molecule has 0 unspecified atom stereocenters. The molecule has 2 aromatic heterocycles. The predicted molar refractivity (Wildman–Crippen MR) is 72.2 cm³/mol. The topological polar surface area (TPSA) is 35.0 Å². The van der Waals surface area contributed by atoms with Gasteiger partial charge in [-0.1, -0.05) is 6.08 Å². The van der Waals surface area contributed by atoms with Gasteiger partial charge in [-0.2, -0.15) is 0 Å². The number of ether oxygens (including phenoxy) is 1. The van der Waals surface area contributed by atoms with Crippen LogP contribution in [0.2, 0.25) is 0 Å². The van der Waals surface area contributed by atoms with Crippen LogP contribution in [0.4, 0.5) is 0 Å². The first-order chi connectivity index (χ1) is 8.31. The van der Waals surface area contributed by atoms with Crippen LogP contribution in [0.1, 0.15) is 12.8 Å². The molecule has 3 nitrogen and oxygen atoms in total. The molecule has 0 atom stereocenters. The van der Waals surface area contributed by atoms with Crippen molar-refractivity contribution in [1.29, 1.82) is 0 Å². The Labute approximate surface area is 109 Å². The van der Waals surface area contributed by atoms with Gasteiger partial charge < -0.3 is 4.74 Å². The zero-order valence-corrected chi connectivity index (χ0v) is 11.0. The molecule has 0 aliphatic heterocycles. The minimum absolute atomic E-state index is 0.670. The monoisotopic (exact) mass is 292 g/mol. The van der Waals surface area contributed by atoms with Gasteiger partial charge in [0, 0.05) is 22.9 Å². The lowest BCUT2D eigenvalue weighted by molar-refractivity contribution is 0.315. The molecule has 0 spiro atoms. The van der Waals surface area contributed by atoms with E-state index in [1.807, 2.05) is 18.2 Å². The first kappa shape index (κ1) is 12.0. The van der Waals surface area contributed by atoms with E-state index < -0.39 is 0 Å². The molecule has 0 radical (unpaired) electrons. The SMILES string of the molecule is C=CCCCOc1ccnc2cc(Br)cnc12. The van der Waals surface area contributed by atoms with E-state index in [4.69, 9.17) is 4.74 Å². The van der Waals surface area contributed by atoms with Crippen LogP contribution in [0.25, 0.3) is 11.0 Å². The summed E-state index contributed by atoms with van der Waals surface area (Å²) >= 11 is 3.38. The molecule has 0 aliphatic rings. The van der Waals surface area contributed by atoms with Gasteiger partial charge in [-0.25, -0.2) is 4.98 Å². The smallest absolute Gasteiger partial charge is 0.148 e. The highest BCUT2D eigenvalue weighted by molar-refractivity contribution is 9.10. The number of nitrogens with zero attached hydrogens (tertiary/aromatic N) is 2. The molecule has 88 valence electrons. The maximum absolute atomic E-state index is 5.70. The molecule has 0 fully saturated rings. The Morgan fingerprint density at radius 2 is 2.29 bits per heavy atom. The standard InChI is InChI=1S/C13H13BrN2O/c1-2-3-4-7-17-12-5-6-15-11-8-10(14)9-16-13(11)12/h2,5-6,8-9H,1,3-4,7H2. The van der Waals surface area contributed by atoms with Gasteiger partial charge in [0.25, 0.3) is 0 Å². The van der Waals surface area contributed by atoms with Crippen LogP contribution in [0.5, 0.6) is 5.75 Å². The van der Waals surface area contributed by atoms with Gasteiger partial charge in [-0.3, -0.25) is 4.98 Å². The molecule has 0 bridgehead atoms. The first-order valence-electron chi connectivity index (χ1n) is 5.45. The summed E-state index contributed by atoms with van der Waals surface area (Å²) in [6.45, 7) is 4.35. The van der Waals surface area contributed by atoms with E-state index in [0.29, 0.717) is 6.61 Å².